The maximum atomic E-state index is 12.1. The molecule has 112 valence electrons. The fourth-order valence-electron chi connectivity index (χ4n) is 2.38. The van der Waals surface area contributed by atoms with Gasteiger partial charge in [0.2, 0.25) is 5.91 Å². The predicted molar refractivity (Wildman–Crippen MR) is 93.4 cm³/mol. The molecule has 2 aromatic heterocycles. The Labute approximate surface area is 135 Å². The van der Waals surface area contributed by atoms with Gasteiger partial charge in [0.1, 0.15) is 0 Å². The molecule has 0 atom stereocenters. The molecule has 4 rings (SSSR count). The van der Waals surface area contributed by atoms with Crippen LogP contribution >= 0.6 is 11.3 Å². The topological polar surface area (TPSA) is 70.7 Å². The minimum Gasteiger partial charge on any atom is -0.322 e. The number of nitrogens with one attached hydrogen (secondary N) is 2. The number of rotatable bonds is 3. The Morgan fingerprint density at radius 3 is 3.09 bits per heavy atom. The zero-order chi connectivity index (χ0) is 15.6. The molecule has 2 heterocycles. The highest BCUT2D eigenvalue weighted by atomic mass is 32.1. The SMILES string of the molecule is O=C(C=Cc1n[nH]c2ccccc12)Nc1ccc2ncsc2c1. The summed E-state index contributed by atoms with van der Waals surface area (Å²) in [5, 5.41) is 11.0. The van der Waals surface area contributed by atoms with E-state index in [4.69, 9.17) is 0 Å². The van der Waals surface area contributed by atoms with E-state index in [1.165, 1.54) is 6.08 Å². The summed E-state index contributed by atoms with van der Waals surface area (Å²) < 4.78 is 1.05. The smallest absolute Gasteiger partial charge is 0.248 e. The molecule has 6 heteroatoms. The molecule has 5 nitrogen and oxygen atoms in total. The Kier molecular flexibility index (Phi) is 3.36. The summed E-state index contributed by atoms with van der Waals surface area (Å²) in [5.74, 6) is -0.194. The highest BCUT2D eigenvalue weighted by Gasteiger charge is 2.04. The third-order valence-corrected chi connectivity index (χ3v) is 4.28. The van der Waals surface area contributed by atoms with Crippen LogP contribution in [0, 0.1) is 0 Å². The number of nitrogens with zero attached hydrogens (tertiary/aromatic N) is 2. The first-order chi connectivity index (χ1) is 11.3. The molecular formula is C17H12N4OS. The third-order valence-electron chi connectivity index (χ3n) is 3.49. The second kappa shape index (κ2) is 5.66. The number of aromatic amines is 1. The van der Waals surface area contributed by atoms with E-state index in [0.29, 0.717) is 0 Å². The monoisotopic (exact) mass is 320 g/mol. The van der Waals surface area contributed by atoms with Crippen LogP contribution in [0.4, 0.5) is 5.69 Å². The van der Waals surface area contributed by atoms with Crippen molar-refractivity contribution < 1.29 is 4.79 Å². The van der Waals surface area contributed by atoms with Gasteiger partial charge in [-0.15, -0.1) is 11.3 Å². The van der Waals surface area contributed by atoms with Crippen molar-refractivity contribution >= 4 is 50.1 Å². The predicted octanol–water partition coefficient (Wildman–Crippen LogP) is 3.82. The van der Waals surface area contributed by atoms with Crippen molar-refractivity contribution in [1.82, 2.24) is 15.2 Å². The van der Waals surface area contributed by atoms with Crippen LogP contribution in [0.25, 0.3) is 27.2 Å². The molecule has 0 radical (unpaired) electrons. The highest BCUT2D eigenvalue weighted by Crippen LogP contribution is 2.22. The molecule has 0 aliphatic heterocycles. The summed E-state index contributed by atoms with van der Waals surface area (Å²) in [7, 11) is 0. The number of benzene rings is 2. The number of hydrogen-bond acceptors (Lipinski definition) is 4. The van der Waals surface area contributed by atoms with E-state index in [2.05, 4.69) is 20.5 Å². The Morgan fingerprint density at radius 1 is 1.22 bits per heavy atom. The lowest BCUT2D eigenvalue weighted by atomic mass is 10.2. The first-order valence-electron chi connectivity index (χ1n) is 7.05. The van der Waals surface area contributed by atoms with Crippen molar-refractivity contribution in [2.75, 3.05) is 5.32 Å². The van der Waals surface area contributed by atoms with Crippen LogP contribution < -0.4 is 5.32 Å². The van der Waals surface area contributed by atoms with Crippen molar-refractivity contribution in [2.45, 2.75) is 0 Å². The van der Waals surface area contributed by atoms with Crippen LogP contribution in [0.5, 0.6) is 0 Å². The molecule has 0 saturated carbocycles. The normalized spacial score (nSPS) is 11.5. The minimum atomic E-state index is -0.194. The fourth-order valence-corrected chi connectivity index (χ4v) is 3.10. The van der Waals surface area contributed by atoms with Crippen LogP contribution in [0.2, 0.25) is 0 Å². The van der Waals surface area contributed by atoms with Crippen LogP contribution in [0.1, 0.15) is 5.69 Å². The highest BCUT2D eigenvalue weighted by molar-refractivity contribution is 7.16. The summed E-state index contributed by atoms with van der Waals surface area (Å²) in [6.45, 7) is 0. The molecule has 0 saturated heterocycles. The number of H-pyrrole nitrogens is 1. The number of para-hydroxylation sites is 1. The standard InChI is InChI=1S/C17H12N4OS/c22-17(19-11-5-6-15-16(9-11)23-10-18-15)8-7-14-12-3-1-2-4-13(12)20-21-14/h1-10H,(H,19,22)(H,20,21). The fraction of sp³-hybridized carbons (Fsp3) is 0. The van der Waals surface area contributed by atoms with Crippen molar-refractivity contribution in [3.8, 4) is 0 Å². The summed E-state index contributed by atoms with van der Waals surface area (Å²) in [6, 6.07) is 13.5. The van der Waals surface area contributed by atoms with Gasteiger partial charge in [-0.25, -0.2) is 4.98 Å². The molecular weight excluding hydrogens is 308 g/mol. The first kappa shape index (κ1) is 13.7. The Balaban J connectivity index is 1.53. The summed E-state index contributed by atoms with van der Waals surface area (Å²) in [5.41, 5.74) is 5.17. The summed E-state index contributed by atoms with van der Waals surface area (Å²) in [6.07, 6.45) is 3.19. The molecule has 0 unspecified atom stereocenters. The van der Waals surface area contributed by atoms with Crippen LogP contribution in [-0.2, 0) is 4.79 Å². The van der Waals surface area contributed by atoms with E-state index in [1.807, 2.05) is 42.5 Å². The lowest BCUT2D eigenvalue weighted by Gasteiger charge is -2.01. The zero-order valence-corrected chi connectivity index (χ0v) is 12.8. The average Bonchev–Trinajstić information content (AvgIpc) is 3.19. The van der Waals surface area contributed by atoms with E-state index >= 15 is 0 Å². The molecule has 0 spiro atoms. The van der Waals surface area contributed by atoms with Gasteiger partial charge in [0.15, 0.2) is 0 Å². The van der Waals surface area contributed by atoms with E-state index in [0.717, 1.165) is 32.5 Å². The van der Waals surface area contributed by atoms with Gasteiger partial charge in [0, 0.05) is 17.1 Å². The Morgan fingerprint density at radius 2 is 2.13 bits per heavy atom. The number of anilines is 1. The number of carbonyl (C=O) groups is 1. The number of amides is 1. The second-order valence-electron chi connectivity index (χ2n) is 5.01. The minimum absolute atomic E-state index is 0.194. The van der Waals surface area contributed by atoms with Gasteiger partial charge in [-0.1, -0.05) is 18.2 Å². The number of hydrogen-bond donors (Lipinski definition) is 2. The van der Waals surface area contributed by atoms with Gasteiger partial charge in [-0.3, -0.25) is 9.89 Å². The molecule has 0 bridgehead atoms. The van der Waals surface area contributed by atoms with Crippen LogP contribution in [0.15, 0.2) is 54.1 Å². The maximum Gasteiger partial charge on any atom is 0.248 e. The number of aromatic nitrogens is 3. The number of thiazole rings is 1. The van der Waals surface area contributed by atoms with Crippen molar-refractivity contribution in [3.05, 3.63) is 59.7 Å². The van der Waals surface area contributed by atoms with Gasteiger partial charge in [0.25, 0.3) is 0 Å². The Hall–Kier alpha value is -2.99. The molecule has 23 heavy (non-hydrogen) atoms. The van der Waals surface area contributed by atoms with Gasteiger partial charge in [-0.05, 0) is 30.3 Å². The molecule has 2 aromatic carbocycles. The molecule has 0 aliphatic rings. The summed E-state index contributed by atoms with van der Waals surface area (Å²) in [4.78, 5) is 16.3. The molecule has 0 aliphatic carbocycles. The largest absolute Gasteiger partial charge is 0.322 e. The number of fused-ring (bicyclic) bond motifs is 2. The number of carbonyl (C=O) groups excluding carboxylic acids is 1. The van der Waals surface area contributed by atoms with E-state index in [-0.39, 0.29) is 5.91 Å². The lowest BCUT2D eigenvalue weighted by molar-refractivity contribution is -0.111. The quantitative estimate of drug-likeness (QED) is 0.564. The molecule has 4 aromatic rings. The molecule has 1 amide bonds. The third kappa shape index (κ3) is 2.72. The van der Waals surface area contributed by atoms with Gasteiger partial charge < -0.3 is 5.32 Å². The summed E-state index contributed by atoms with van der Waals surface area (Å²) >= 11 is 1.55. The first-order valence-corrected chi connectivity index (χ1v) is 7.93. The van der Waals surface area contributed by atoms with Crippen molar-refractivity contribution in [1.29, 1.82) is 0 Å². The van der Waals surface area contributed by atoms with Crippen molar-refractivity contribution in [2.24, 2.45) is 0 Å². The average molecular weight is 320 g/mol. The molecule has 2 N–H and O–H groups in total. The van der Waals surface area contributed by atoms with Crippen LogP contribution in [0.3, 0.4) is 0 Å². The van der Waals surface area contributed by atoms with E-state index in [1.54, 1.807) is 22.9 Å². The van der Waals surface area contributed by atoms with Crippen LogP contribution in [-0.4, -0.2) is 21.1 Å². The lowest BCUT2D eigenvalue weighted by Crippen LogP contribution is -2.07. The van der Waals surface area contributed by atoms with E-state index in [9.17, 15) is 4.79 Å². The van der Waals surface area contributed by atoms with Gasteiger partial charge in [0.05, 0.1) is 26.9 Å². The van der Waals surface area contributed by atoms with Gasteiger partial charge >= 0.3 is 0 Å². The van der Waals surface area contributed by atoms with Crippen molar-refractivity contribution in [3.63, 3.8) is 0 Å². The molecule has 0 fully saturated rings. The second-order valence-corrected chi connectivity index (χ2v) is 5.90. The zero-order valence-electron chi connectivity index (χ0n) is 12.0. The Bertz CT molecular complexity index is 1030. The van der Waals surface area contributed by atoms with Gasteiger partial charge in [-0.2, -0.15) is 5.10 Å². The van der Waals surface area contributed by atoms with E-state index < -0.39 is 0 Å². The maximum absolute atomic E-state index is 12.1.